The summed E-state index contributed by atoms with van der Waals surface area (Å²) in [5.74, 6) is 0.268. The van der Waals surface area contributed by atoms with E-state index in [1.165, 1.54) is 11.1 Å². The smallest absolute Gasteiger partial charge is 0.185 e. The minimum atomic E-state index is -0.616. The summed E-state index contributed by atoms with van der Waals surface area (Å²) in [4.78, 5) is 28.7. The second-order valence-corrected chi connectivity index (χ2v) is 17.1. The summed E-state index contributed by atoms with van der Waals surface area (Å²) in [5, 5.41) is 0. The molecule has 0 aromatic heterocycles. The summed E-state index contributed by atoms with van der Waals surface area (Å²) in [6.07, 6.45) is 9.25. The maximum Gasteiger partial charge on any atom is 0.185 e. The number of hydrogen-bond donors (Lipinski definition) is 0. The Hall–Kier alpha value is -3.26. The lowest BCUT2D eigenvalue weighted by atomic mass is 9.65. The normalized spacial score (nSPS) is 21.3. The number of Topliss-reactive ketones (excluding diaryl/α,β-unsaturated/α-hetero) is 2. The van der Waals surface area contributed by atoms with Gasteiger partial charge in [-0.15, -0.1) is 0 Å². The molecule has 2 aromatic rings. The van der Waals surface area contributed by atoms with Crippen LogP contribution in [0.1, 0.15) is 94.2 Å². The minimum Gasteiger partial charge on any atom is -0.289 e. The fraction of sp³-hybridized carbons (Fsp3) is 0.463. The van der Waals surface area contributed by atoms with E-state index in [-0.39, 0.29) is 33.2 Å². The Kier molecular flexibility index (Phi) is 6.79. The Balaban J connectivity index is 2.08. The molecule has 1 fully saturated rings. The van der Waals surface area contributed by atoms with Crippen LogP contribution in [0.25, 0.3) is 0 Å². The Morgan fingerprint density at radius 1 is 0.395 bits per heavy atom. The molecule has 3 aliphatic rings. The van der Waals surface area contributed by atoms with Crippen molar-refractivity contribution in [3.8, 4) is 0 Å². The van der Waals surface area contributed by atoms with Crippen LogP contribution in [0.5, 0.6) is 0 Å². The minimum absolute atomic E-state index is 0.134. The van der Waals surface area contributed by atoms with Crippen molar-refractivity contribution in [2.24, 2.45) is 32.5 Å². The number of benzene rings is 2. The van der Waals surface area contributed by atoms with Gasteiger partial charge in [0.15, 0.2) is 11.6 Å². The van der Waals surface area contributed by atoms with Gasteiger partial charge < -0.3 is 0 Å². The quantitative estimate of drug-likeness (QED) is 0.358. The van der Waals surface area contributed by atoms with Crippen LogP contribution in [0.15, 0.2) is 107 Å². The second-order valence-electron chi connectivity index (χ2n) is 17.1. The number of fused-ring (bicyclic) bond motifs is 1. The fourth-order valence-corrected chi connectivity index (χ4v) is 7.85. The molecule has 5 rings (SSSR count). The zero-order chi connectivity index (χ0) is 32.0. The van der Waals surface area contributed by atoms with E-state index in [4.69, 9.17) is 0 Å². The third-order valence-electron chi connectivity index (χ3n) is 9.98. The SMILES string of the molecule is CC(C)(C)C1=CC2(C=C(C(C)(C)C)C1=O)C1(C=C(C(C)(C)C)C(=O)C(C(C)(C)C)=C1)C2(c1ccccc1)c1ccccc1. The topological polar surface area (TPSA) is 34.1 Å². The molecule has 226 valence electrons. The summed E-state index contributed by atoms with van der Waals surface area (Å²) in [6.45, 7) is 25.8. The van der Waals surface area contributed by atoms with Crippen LogP contribution in [-0.4, -0.2) is 11.6 Å². The standard InChI is InChI=1S/C41H50O2/c1-35(2,3)29-23-39(24-30(33(29)42)36(4,5)6)40(25-31(37(7,8)9)34(43)32(26-40)38(10,11)12)41(39,27-19-15-13-16-20-27)28-21-17-14-18-22-28/h13-26H,1-12H3. The molecule has 0 amide bonds. The molecule has 3 aliphatic carbocycles. The third kappa shape index (κ3) is 4.34. The first-order chi connectivity index (χ1) is 19.7. The molecule has 2 aromatic carbocycles. The van der Waals surface area contributed by atoms with Gasteiger partial charge in [-0.05, 0) is 32.8 Å². The van der Waals surface area contributed by atoms with Gasteiger partial charge in [0.25, 0.3) is 0 Å². The molecule has 0 heterocycles. The van der Waals surface area contributed by atoms with Gasteiger partial charge in [0.1, 0.15) is 0 Å². The largest absolute Gasteiger partial charge is 0.289 e. The van der Waals surface area contributed by atoms with Gasteiger partial charge in [-0.25, -0.2) is 0 Å². The summed E-state index contributed by atoms with van der Waals surface area (Å²) < 4.78 is 0. The van der Waals surface area contributed by atoms with Crippen molar-refractivity contribution >= 4 is 11.6 Å². The van der Waals surface area contributed by atoms with Crippen LogP contribution in [0.2, 0.25) is 0 Å². The number of carbonyl (C=O) groups excluding carboxylic acids is 2. The summed E-state index contributed by atoms with van der Waals surface area (Å²) in [5.41, 5.74) is 2.50. The Morgan fingerprint density at radius 2 is 0.628 bits per heavy atom. The highest BCUT2D eigenvalue weighted by molar-refractivity contribution is 6.13. The number of rotatable bonds is 2. The predicted molar refractivity (Wildman–Crippen MR) is 179 cm³/mol. The van der Waals surface area contributed by atoms with Crippen molar-refractivity contribution < 1.29 is 9.59 Å². The highest BCUT2D eigenvalue weighted by atomic mass is 16.1. The van der Waals surface area contributed by atoms with Crippen LogP contribution >= 0.6 is 0 Å². The van der Waals surface area contributed by atoms with Gasteiger partial charge in [-0.2, -0.15) is 0 Å². The lowest BCUT2D eigenvalue weighted by Crippen LogP contribution is -2.33. The monoisotopic (exact) mass is 574 g/mol. The molecule has 0 atom stereocenters. The predicted octanol–water partition coefficient (Wildman–Crippen LogP) is 10.0. The summed E-state index contributed by atoms with van der Waals surface area (Å²) in [7, 11) is 0. The zero-order valence-corrected chi connectivity index (χ0v) is 28.4. The molecule has 0 N–H and O–H groups in total. The average molecular weight is 575 g/mol. The molecular weight excluding hydrogens is 524 g/mol. The summed E-state index contributed by atoms with van der Waals surface area (Å²) >= 11 is 0. The first kappa shape index (κ1) is 31.2. The maximum atomic E-state index is 14.4. The van der Waals surface area contributed by atoms with Gasteiger partial charge >= 0.3 is 0 Å². The van der Waals surface area contributed by atoms with Crippen molar-refractivity contribution in [3.63, 3.8) is 0 Å². The van der Waals surface area contributed by atoms with E-state index in [0.717, 1.165) is 22.3 Å². The van der Waals surface area contributed by atoms with E-state index in [1.807, 2.05) is 0 Å². The second kappa shape index (κ2) is 9.37. The van der Waals surface area contributed by atoms with Gasteiger partial charge in [0.05, 0.1) is 0 Å². The Labute approximate surface area is 260 Å². The van der Waals surface area contributed by atoms with Crippen molar-refractivity contribution in [3.05, 3.63) is 118 Å². The zero-order valence-electron chi connectivity index (χ0n) is 28.4. The van der Waals surface area contributed by atoms with Crippen molar-refractivity contribution in [2.45, 2.75) is 88.5 Å². The Morgan fingerprint density at radius 3 is 0.837 bits per heavy atom. The molecule has 2 spiro atoms. The van der Waals surface area contributed by atoms with E-state index in [9.17, 15) is 9.59 Å². The van der Waals surface area contributed by atoms with Gasteiger partial charge in [-0.3, -0.25) is 9.59 Å². The number of carbonyl (C=O) groups is 2. The third-order valence-corrected chi connectivity index (χ3v) is 9.98. The van der Waals surface area contributed by atoms with Crippen LogP contribution in [0.3, 0.4) is 0 Å². The lowest BCUT2D eigenvalue weighted by Gasteiger charge is -2.37. The van der Waals surface area contributed by atoms with Gasteiger partial charge in [0.2, 0.25) is 0 Å². The van der Waals surface area contributed by atoms with Gasteiger partial charge in [0, 0.05) is 38.5 Å². The highest BCUT2D eigenvalue weighted by Gasteiger charge is 2.85. The molecular formula is C41H50O2. The van der Waals surface area contributed by atoms with Crippen molar-refractivity contribution in [1.82, 2.24) is 0 Å². The van der Waals surface area contributed by atoms with E-state index < -0.39 is 16.2 Å². The molecule has 43 heavy (non-hydrogen) atoms. The van der Waals surface area contributed by atoms with Crippen molar-refractivity contribution in [1.29, 1.82) is 0 Å². The number of ketones is 2. The van der Waals surface area contributed by atoms with Crippen LogP contribution < -0.4 is 0 Å². The highest BCUT2D eigenvalue weighted by Crippen LogP contribution is 2.86. The summed E-state index contributed by atoms with van der Waals surface area (Å²) in [6, 6.07) is 21.6. The Bertz CT molecular complexity index is 1400. The molecule has 2 nitrogen and oxygen atoms in total. The number of hydrogen-bond acceptors (Lipinski definition) is 2. The molecule has 0 aliphatic heterocycles. The van der Waals surface area contributed by atoms with E-state index in [2.05, 4.69) is 168 Å². The molecule has 0 saturated heterocycles. The lowest BCUT2D eigenvalue weighted by molar-refractivity contribution is -0.115. The number of allylic oxidation sites excluding steroid dienone is 8. The molecule has 1 saturated carbocycles. The fourth-order valence-electron chi connectivity index (χ4n) is 7.85. The molecule has 2 heteroatoms. The average Bonchev–Trinajstić information content (AvgIpc) is 3.37. The van der Waals surface area contributed by atoms with E-state index >= 15 is 0 Å². The van der Waals surface area contributed by atoms with E-state index in [0.29, 0.717) is 0 Å². The molecule has 0 radical (unpaired) electrons. The maximum absolute atomic E-state index is 14.4. The first-order valence-electron chi connectivity index (χ1n) is 15.8. The first-order valence-corrected chi connectivity index (χ1v) is 15.8. The van der Waals surface area contributed by atoms with Crippen molar-refractivity contribution in [2.75, 3.05) is 0 Å². The van der Waals surface area contributed by atoms with Crippen LogP contribution in [0.4, 0.5) is 0 Å². The molecule has 0 unspecified atom stereocenters. The van der Waals surface area contributed by atoms with E-state index in [1.54, 1.807) is 0 Å². The van der Waals surface area contributed by atoms with Crippen LogP contribution in [-0.2, 0) is 15.0 Å². The van der Waals surface area contributed by atoms with Gasteiger partial charge in [-0.1, -0.05) is 168 Å². The molecule has 0 bridgehead atoms. The van der Waals surface area contributed by atoms with Crippen LogP contribution in [0, 0.1) is 32.5 Å².